The third kappa shape index (κ3) is 4.76. The van der Waals surface area contributed by atoms with Crippen molar-refractivity contribution in [1.29, 1.82) is 0 Å². The van der Waals surface area contributed by atoms with Crippen LogP contribution in [0, 0.1) is 0 Å². The van der Waals surface area contributed by atoms with Gasteiger partial charge in [0.25, 0.3) is 5.91 Å². The molecule has 0 aliphatic carbocycles. The molecule has 0 spiro atoms. The van der Waals surface area contributed by atoms with Crippen molar-refractivity contribution in [2.45, 2.75) is 4.90 Å². The first-order chi connectivity index (χ1) is 15.4. The van der Waals surface area contributed by atoms with E-state index in [4.69, 9.17) is 21.1 Å². The monoisotopic (exact) mass is 494 g/mol. The average molecular weight is 495 g/mol. The maximum Gasteiger partial charge on any atom is 0.261 e. The van der Waals surface area contributed by atoms with E-state index in [-0.39, 0.29) is 34.4 Å². The molecular formula is C20H19ClN4O5S2. The number of amides is 1. The van der Waals surface area contributed by atoms with Gasteiger partial charge in [-0.2, -0.15) is 4.31 Å². The lowest BCUT2D eigenvalue weighted by molar-refractivity contribution is 0.0730. The molecule has 32 heavy (non-hydrogen) atoms. The number of ether oxygens (including phenoxy) is 2. The molecule has 1 aromatic heterocycles. The highest BCUT2D eigenvalue weighted by molar-refractivity contribution is 7.89. The summed E-state index contributed by atoms with van der Waals surface area (Å²) in [5, 5.41) is 12.2. The predicted molar refractivity (Wildman–Crippen MR) is 121 cm³/mol. The highest BCUT2D eigenvalue weighted by atomic mass is 35.5. The maximum atomic E-state index is 13.0. The number of rotatable bonds is 6. The zero-order valence-electron chi connectivity index (χ0n) is 16.9. The predicted octanol–water partition coefficient (Wildman–Crippen LogP) is 3.14. The molecule has 1 aliphatic heterocycles. The van der Waals surface area contributed by atoms with Gasteiger partial charge < -0.3 is 9.47 Å². The molecule has 1 N–H and O–H groups in total. The summed E-state index contributed by atoms with van der Waals surface area (Å²) in [7, 11) is -2.36. The summed E-state index contributed by atoms with van der Waals surface area (Å²) in [6.45, 7) is 1.17. The molecule has 0 unspecified atom stereocenters. The summed E-state index contributed by atoms with van der Waals surface area (Å²) < 4.78 is 37.8. The van der Waals surface area contributed by atoms with Gasteiger partial charge >= 0.3 is 0 Å². The number of nitrogens with one attached hydrogen (secondary N) is 1. The Labute approximate surface area is 194 Å². The van der Waals surface area contributed by atoms with Crippen molar-refractivity contribution in [2.75, 3.05) is 38.7 Å². The van der Waals surface area contributed by atoms with Gasteiger partial charge in [0, 0.05) is 23.7 Å². The number of hydrogen-bond donors (Lipinski definition) is 1. The van der Waals surface area contributed by atoms with Crippen LogP contribution in [0.25, 0.3) is 10.6 Å². The van der Waals surface area contributed by atoms with Gasteiger partial charge in [-0.15, -0.1) is 10.2 Å². The second-order valence-electron chi connectivity index (χ2n) is 6.75. The second-order valence-corrected chi connectivity index (χ2v) is 10.1. The third-order valence-electron chi connectivity index (χ3n) is 4.76. The summed E-state index contributed by atoms with van der Waals surface area (Å²) in [5.74, 6) is -0.314. The van der Waals surface area contributed by atoms with E-state index in [0.29, 0.717) is 23.2 Å². The first-order valence-corrected chi connectivity index (χ1v) is 12.2. The lowest BCUT2D eigenvalue weighted by atomic mass is 10.2. The normalized spacial score (nSPS) is 14.8. The minimum atomic E-state index is -3.77. The van der Waals surface area contributed by atoms with Gasteiger partial charge in [-0.05, 0) is 30.3 Å². The van der Waals surface area contributed by atoms with Crippen molar-refractivity contribution in [3.8, 4) is 16.3 Å². The molecule has 1 aliphatic rings. The van der Waals surface area contributed by atoms with Gasteiger partial charge in [0.15, 0.2) is 0 Å². The number of sulfonamides is 1. The van der Waals surface area contributed by atoms with E-state index in [0.717, 1.165) is 5.56 Å². The Morgan fingerprint density at radius 2 is 1.88 bits per heavy atom. The highest BCUT2D eigenvalue weighted by Crippen LogP contribution is 2.29. The van der Waals surface area contributed by atoms with E-state index >= 15 is 0 Å². The number of hydrogen-bond acceptors (Lipinski definition) is 8. The number of aromatic nitrogens is 2. The second kappa shape index (κ2) is 9.51. The molecule has 0 radical (unpaired) electrons. The van der Waals surface area contributed by atoms with Crippen LogP contribution in [-0.2, 0) is 14.8 Å². The average Bonchev–Trinajstić information content (AvgIpc) is 3.28. The fourth-order valence-corrected chi connectivity index (χ4v) is 5.41. The number of nitrogens with zero attached hydrogens (tertiary/aromatic N) is 3. The van der Waals surface area contributed by atoms with E-state index in [2.05, 4.69) is 15.5 Å². The lowest BCUT2D eigenvalue weighted by Crippen LogP contribution is -2.40. The summed E-state index contributed by atoms with van der Waals surface area (Å²) >= 11 is 7.09. The lowest BCUT2D eigenvalue weighted by Gasteiger charge is -2.26. The van der Waals surface area contributed by atoms with Gasteiger partial charge in [-0.1, -0.05) is 35.1 Å². The van der Waals surface area contributed by atoms with Crippen molar-refractivity contribution < 1.29 is 22.7 Å². The van der Waals surface area contributed by atoms with Gasteiger partial charge in [0.05, 0.1) is 30.8 Å². The molecule has 2 heterocycles. The Morgan fingerprint density at radius 3 is 2.56 bits per heavy atom. The van der Waals surface area contributed by atoms with Gasteiger partial charge in [0.2, 0.25) is 15.2 Å². The Kier molecular flexibility index (Phi) is 6.72. The van der Waals surface area contributed by atoms with Gasteiger partial charge in [-0.25, -0.2) is 8.42 Å². The summed E-state index contributed by atoms with van der Waals surface area (Å²) in [6.07, 6.45) is 0. The summed E-state index contributed by atoms with van der Waals surface area (Å²) in [6, 6.07) is 11.3. The van der Waals surface area contributed by atoms with Crippen molar-refractivity contribution in [3.63, 3.8) is 0 Å². The minimum absolute atomic E-state index is 0.00414. The molecule has 168 valence electrons. The Balaban J connectivity index is 1.58. The van der Waals surface area contributed by atoms with Crippen LogP contribution in [0.5, 0.6) is 5.75 Å². The molecule has 3 aromatic rings. The Hall–Kier alpha value is -2.57. The number of benzene rings is 2. The quantitative estimate of drug-likeness (QED) is 0.560. The SMILES string of the molecule is COc1ccc(S(=O)(=O)N2CCOCC2)cc1C(=O)Nc1nnc(-c2ccc(Cl)cc2)s1. The largest absolute Gasteiger partial charge is 0.496 e. The Morgan fingerprint density at radius 1 is 1.16 bits per heavy atom. The number of anilines is 1. The molecule has 1 amide bonds. The van der Waals surface area contributed by atoms with Crippen LogP contribution in [0.4, 0.5) is 5.13 Å². The van der Waals surface area contributed by atoms with E-state index < -0.39 is 15.9 Å². The number of carbonyl (C=O) groups excluding carboxylic acids is 1. The smallest absolute Gasteiger partial charge is 0.261 e. The van der Waals surface area contributed by atoms with Gasteiger partial charge in [-0.3, -0.25) is 10.1 Å². The van der Waals surface area contributed by atoms with Crippen molar-refractivity contribution in [3.05, 3.63) is 53.1 Å². The van der Waals surface area contributed by atoms with Crippen LogP contribution in [0.15, 0.2) is 47.4 Å². The van der Waals surface area contributed by atoms with E-state index in [1.165, 1.54) is 41.0 Å². The first kappa shape index (κ1) is 22.6. The molecule has 1 saturated heterocycles. The molecule has 2 aromatic carbocycles. The van der Waals surface area contributed by atoms with Gasteiger partial charge in [0.1, 0.15) is 10.8 Å². The zero-order valence-corrected chi connectivity index (χ0v) is 19.3. The van der Waals surface area contributed by atoms with Crippen LogP contribution >= 0.6 is 22.9 Å². The van der Waals surface area contributed by atoms with E-state index in [1.54, 1.807) is 24.3 Å². The standard InChI is InChI=1S/C20H19ClN4O5S2/c1-29-17-7-6-15(32(27,28)25-8-10-30-11-9-25)12-16(17)18(26)22-20-24-23-19(31-20)13-2-4-14(21)5-3-13/h2-7,12H,8-11H2,1H3,(H,22,24,26). The molecule has 12 heteroatoms. The Bertz CT molecular complexity index is 1230. The van der Waals surface area contributed by atoms with Crippen LogP contribution in [0.2, 0.25) is 5.02 Å². The number of methoxy groups -OCH3 is 1. The van der Waals surface area contributed by atoms with E-state index in [1.807, 2.05) is 0 Å². The minimum Gasteiger partial charge on any atom is -0.496 e. The zero-order chi connectivity index (χ0) is 22.7. The number of carbonyl (C=O) groups is 1. The topological polar surface area (TPSA) is 111 Å². The molecule has 0 saturated carbocycles. The summed E-state index contributed by atoms with van der Waals surface area (Å²) in [4.78, 5) is 12.9. The number of halogens is 1. The van der Waals surface area contributed by atoms with Crippen LogP contribution < -0.4 is 10.1 Å². The summed E-state index contributed by atoms with van der Waals surface area (Å²) in [5.41, 5.74) is 0.883. The van der Waals surface area contributed by atoms with Crippen LogP contribution in [0.3, 0.4) is 0 Å². The fraction of sp³-hybridized carbons (Fsp3) is 0.250. The van der Waals surface area contributed by atoms with Crippen molar-refractivity contribution >= 4 is 44.0 Å². The first-order valence-electron chi connectivity index (χ1n) is 9.55. The molecule has 4 rings (SSSR count). The molecule has 0 atom stereocenters. The van der Waals surface area contributed by atoms with Crippen molar-refractivity contribution in [1.82, 2.24) is 14.5 Å². The van der Waals surface area contributed by atoms with Crippen LogP contribution in [-0.4, -0.2) is 62.2 Å². The highest BCUT2D eigenvalue weighted by Gasteiger charge is 2.28. The molecular weight excluding hydrogens is 476 g/mol. The van der Waals surface area contributed by atoms with E-state index in [9.17, 15) is 13.2 Å². The van der Waals surface area contributed by atoms with Crippen LogP contribution in [0.1, 0.15) is 10.4 Å². The maximum absolute atomic E-state index is 13.0. The fourth-order valence-electron chi connectivity index (χ4n) is 3.11. The third-order valence-corrected chi connectivity index (χ3v) is 7.79. The number of morpholine rings is 1. The van der Waals surface area contributed by atoms with Crippen molar-refractivity contribution in [2.24, 2.45) is 0 Å². The molecule has 9 nitrogen and oxygen atoms in total. The molecule has 1 fully saturated rings. The molecule has 0 bridgehead atoms.